The normalized spacial score (nSPS) is 17.7. The van der Waals surface area contributed by atoms with E-state index in [9.17, 15) is 4.39 Å². The second-order valence-electron chi connectivity index (χ2n) is 6.93. The van der Waals surface area contributed by atoms with E-state index in [0.29, 0.717) is 0 Å². The average molecular weight is 363 g/mol. The topological polar surface area (TPSA) is 67.9 Å². The van der Waals surface area contributed by atoms with Crippen molar-refractivity contribution in [1.82, 2.24) is 19.9 Å². The number of anilines is 1. The lowest BCUT2D eigenvalue weighted by Crippen LogP contribution is -2.34. The van der Waals surface area contributed by atoms with Crippen molar-refractivity contribution >= 4 is 5.95 Å². The molecule has 2 aromatic heterocycles. The highest BCUT2D eigenvalue weighted by atomic mass is 19.1. The Bertz CT molecular complexity index is 915. The van der Waals surface area contributed by atoms with E-state index >= 15 is 0 Å². The highest BCUT2D eigenvalue weighted by molar-refractivity contribution is 5.66. The molecule has 2 N–H and O–H groups in total. The number of hydrogen-bond acceptors (Lipinski definition) is 5. The zero-order chi connectivity index (χ0) is 18.6. The number of halogens is 1. The zero-order valence-electron chi connectivity index (χ0n) is 15.1. The van der Waals surface area contributed by atoms with Gasteiger partial charge in [-0.1, -0.05) is 18.2 Å². The van der Waals surface area contributed by atoms with Gasteiger partial charge in [-0.25, -0.2) is 14.4 Å². The molecule has 1 atom stereocenters. The predicted octanol–water partition coefficient (Wildman–Crippen LogP) is 3.64. The number of aromatic nitrogens is 3. The first-order chi connectivity index (χ1) is 13.2. The van der Waals surface area contributed by atoms with E-state index in [-0.39, 0.29) is 17.7 Å². The Labute approximate surface area is 158 Å². The van der Waals surface area contributed by atoms with Crippen molar-refractivity contribution in [2.24, 2.45) is 0 Å². The summed E-state index contributed by atoms with van der Waals surface area (Å²) in [7, 11) is 0. The molecule has 1 aliphatic rings. The number of nitrogens with zero attached hydrogens (tertiary/aromatic N) is 4. The third-order valence-electron chi connectivity index (χ3n) is 4.98. The third kappa shape index (κ3) is 4.11. The highest BCUT2D eigenvalue weighted by Gasteiger charge is 2.26. The van der Waals surface area contributed by atoms with Gasteiger partial charge >= 0.3 is 0 Å². The fourth-order valence-corrected chi connectivity index (χ4v) is 3.74. The molecule has 0 bridgehead atoms. The molecule has 0 saturated carbocycles. The molecule has 0 amide bonds. The molecule has 1 saturated heterocycles. The van der Waals surface area contributed by atoms with Gasteiger partial charge in [0.25, 0.3) is 0 Å². The maximum atomic E-state index is 13.7. The number of benzene rings is 1. The number of likely N-dealkylation sites (tertiary alicyclic amines) is 1. The smallest absolute Gasteiger partial charge is 0.220 e. The van der Waals surface area contributed by atoms with E-state index in [1.54, 1.807) is 12.3 Å². The number of nitrogen functional groups attached to an aromatic ring is 1. The molecule has 1 fully saturated rings. The van der Waals surface area contributed by atoms with E-state index in [0.717, 1.165) is 55.0 Å². The summed E-state index contributed by atoms with van der Waals surface area (Å²) in [6.07, 6.45) is 5.63. The first-order valence-electron chi connectivity index (χ1n) is 9.19. The van der Waals surface area contributed by atoms with Gasteiger partial charge in [0.2, 0.25) is 5.95 Å². The van der Waals surface area contributed by atoms with Crippen molar-refractivity contribution in [2.45, 2.75) is 25.3 Å². The van der Waals surface area contributed by atoms with Crippen LogP contribution in [-0.4, -0.2) is 32.9 Å². The minimum atomic E-state index is -0.268. The minimum absolute atomic E-state index is 0.228. The van der Waals surface area contributed by atoms with Crippen LogP contribution in [0.5, 0.6) is 0 Å². The van der Waals surface area contributed by atoms with Crippen molar-refractivity contribution in [3.8, 4) is 11.1 Å². The molecule has 4 rings (SSSR count). The van der Waals surface area contributed by atoms with Crippen LogP contribution >= 0.6 is 0 Å². The summed E-state index contributed by atoms with van der Waals surface area (Å²) in [5.74, 6) is 0.216. The molecule has 5 nitrogen and oxygen atoms in total. The Morgan fingerprint density at radius 1 is 1.15 bits per heavy atom. The van der Waals surface area contributed by atoms with E-state index in [1.807, 2.05) is 30.5 Å². The van der Waals surface area contributed by atoms with Crippen LogP contribution in [0.15, 0.2) is 54.9 Å². The summed E-state index contributed by atoms with van der Waals surface area (Å²) < 4.78 is 13.7. The van der Waals surface area contributed by atoms with Gasteiger partial charge in [-0.05, 0) is 49.2 Å². The van der Waals surface area contributed by atoms with Gasteiger partial charge in [-0.15, -0.1) is 0 Å². The molecule has 0 spiro atoms. The number of piperidine rings is 1. The Kier molecular flexibility index (Phi) is 5.07. The third-order valence-corrected chi connectivity index (χ3v) is 4.98. The summed E-state index contributed by atoms with van der Waals surface area (Å²) in [4.78, 5) is 15.5. The molecule has 1 unspecified atom stereocenters. The van der Waals surface area contributed by atoms with E-state index in [4.69, 9.17) is 5.73 Å². The van der Waals surface area contributed by atoms with Crippen LogP contribution in [0.4, 0.5) is 10.3 Å². The van der Waals surface area contributed by atoms with Crippen LogP contribution in [0, 0.1) is 5.82 Å². The first kappa shape index (κ1) is 17.5. The van der Waals surface area contributed by atoms with Crippen LogP contribution in [0.25, 0.3) is 11.1 Å². The lowest BCUT2D eigenvalue weighted by molar-refractivity contribution is 0.196. The summed E-state index contributed by atoms with van der Waals surface area (Å²) in [6, 6.07) is 12.5. The fraction of sp³-hybridized carbons (Fsp3) is 0.286. The van der Waals surface area contributed by atoms with Crippen molar-refractivity contribution in [1.29, 1.82) is 0 Å². The Morgan fingerprint density at radius 2 is 2.07 bits per heavy atom. The summed E-state index contributed by atoms with van der Waals surface area (Å²) in [6.45, 7) is 2.71. The van der Waals surface area contributed by atoms with E-state index in [1.165, 1.54) is 12.1 Å². The van der Waals surface area contributed by atoms with Gasteiger partial charge in [0, 0.05) is 37.0 Å². The summed E-state index contributed by atoms with van der Waals surface area (Å²) in [5, 5.41) is 0. The molecule has 27 heavy (non-hydrogen) atoms. The van der Waals surface area contributed by atoms with Gasteiger partial charge in [-0.2, -0.15) is 0 Å². The lowest BCUT2D eigenvalue weighted by Gasteiger charge is -2.33. The number of rotatable bonds is 4. The SMILES string of the molecule is Nc1ncc(-c2cccc(F)c2)c(C2CCCN(Cc3ccccn3)C2)n1. The Morgan fingerprint density at radius 3 is 2.89 bits per heavy atom. The molecule has 0 aliphatic carbocycles. The monoisotopic (exact) mass is 363 g/mol. The summed E-state index contributed by atoms with van der Waals surface area (Å²) >= 11 is 0. The largest absolute Gasteiger partial charge is 0.368 e. The van der Waals surface area contributed by atoms with E-state index in [2.05, 4.69) is 19.9 Å². The van der Waals surface area contributed by atoms with Crippen LogP contribution in [0.2, 0.25) is 0 Å². The predicted molar refractivity (Wildman–Crippen MR) is 103 cm³/mol. The molecule has 6 heteroatoms. The van der Waals surface area contributed by atoms with Crippen LogP contribution in [0.1, 0.15) is 30.1 Å². The average Bonchev–Trinajstić information content (AvgIpc) is 2.69. The maximum absolute atomic E-state index is 13.7. The molecule has 1 aromatic carbocycles. The molecular formula is C21H22FN5. The zero-order valence-corrected chi connectivity index (χ0v) is 15.1. The van der Waals surface area contributed by atoms with Gasteiger partial charge < -0.3 is 5.73 Å². The van der Waals surface area contributed by atoms with Gasteiger partial charge in [0.05, 0.1) is 11.4 Å². The van der Waals surface area contributed by atoms with Crippen LogP contribution < -0.4 is 5.73 Å². The van der Waals surface area contributed by atoms with Gasteiger partial charge in [0.1, 0.15) is 5.82 Å². The van der Waals surface area contributed by atoms with Crippen LogP contribution in [0.3, 0.4) is 0 Å². The minimum Gasteiger partial charge on any atom is -0.368 e. The fourth-order valence-electron chi connectivity index (χ4n) is 3.74. The second kappa shape index (κ2) is 7.80. The quantitative estimate of drug-likeness (QED) is 0.766. The number of pyridine rings is 1. The number of nitrogens with two attached hydrogens (primary N) is 1. The second-order valence-corrected chi connectivity index (χ2v) is 6.93. The molecule has 0 radical (unpaired) electrons. The van der Waals surface area contributed by atoms with Gasteiger partial charge in [-0.3, -0.25) is 9.88 Å². The van der Waals surface area contributed by atoms with Crippen molar-refractivity contribution in [3.05, 3.63) is 72.1 Å². The van der Waals surface area contributed by atoms with Crippen molar-refractivity contribution in [3.63, 3.8) is 0 Å². The van der Waals surface area contributed by atoms with Crippen LogP contribution in [-0.2, 0) is 6.54 Å². The lowest BCUT2D eigenvalue weighted by atomic mass is 9.90. The molecule has 138 valence electrons. The van der Waals surface area contributed by atoms with Gasteiger partial charge in [0.15, 0.2) is 0 Å². The molecule has 3 aromatic rings. The highest BCUT2D eigenvalue weighted by Crippen LogP contribution is 2.33. The summed E-state index contributed by atoms with van der Waals surface area (Å²) in [5.41, 5.74) is 9.48. The number of hydrogen-bond donors (Lipinski definition) is 1. The molecular weight excluding hydrogens is 341 g/mol. The van der Waals surface area contributed by atoms with Crippen molar-refractivity contribution in [2.75, 3.05) is 18.8 Å². The molecule has 3 heterocycles. The van der Waals surface area contributed by atoms with E-state index < -0.39 is 0 Å². The maximum Gasteiger partial charge on any atom is 0.220 e. The first-order valence-corrected chi connectivity index (χ1v) is 9.19. The molecule has 1 aliphatic heterocycles. The Balaban J connectivity index is 1.61. The van der Waals surface area contributed by atoms with Crippen molar-refractivity contribution < 1.29 is 4.39 Å². The Hall–Kier alpha value is -2.86. The standard InChI is InChI=1S/C21H22FN5/c22-17-7-3-5-15(11-17)19-12-25-21(23)26-20(19)16-6-4-10-27(13-16)14-18-8-1-2-9-24-18/h1-3,5,7-9,11-12,16H,4,6,10,13-14H2,(H2,23,25,26).